The quantitative estimate of drug-likeness (QED) is 0.274. The van der Waals surface area contributed by atoms with E-state index in [2.05, 4.69) is 70.6 Å². The van der Waals surface area contributed by atoms with Gasteiger partial charge in [0.2, 0.25) is 0 Å². The molecule has 0 atom stereocenters. The Bertz CT molecular complexity index is 701. The van der Waals surface area contributed by atoms with Crippen molar-refractivity contribution in [3.05, 3.63) is 91.3 Å². The molecule has 0 aliphatic carbocycles. The topological polar surface area (TPSA) is 0 Å². The smallest absolute Gasteiger partial charge is 0.530 e. The van der Waals surface area contributed by atoms with Crippen molar-refractivity contribution in [3.8, 4) is 0 Å². The number of hydrogen-bond acceptors (Lipinski definition) is 0. The molecule has 4 aromatic carbocycles. The van der Waals surface area contributed by atoms with Gasteiger partial charge in [-0.1, -0.05) is 36.4 Å². The average Bonchev–Trinajstić information content (AvgIpc) is 3.29. The second-order valence-electron chi connectivity index (χ2n) is 4.86. The molecule has 0 aliphatic heterocycles. The van der Waals surface area contributed by atoms with Gasteiger partial charge in [-0.05, 0) is 0 Å². The summed E-state index contributed by atoms with van der Waals surface area (Å²) in [5, 5.41) is 5.39. The molecule has 0 spiro atoms. The molecule has 0 saturated heterocycles. The second kappa shape index (κ2) is 13.9. The van der Waals surface area contributed by atoms with Crippen LogP contribution in [0, 0.1) is 6.42 Å². The van der Waals surface area contributed by atoms with Crippen LogP contribution in [0.1, 0.15) is 13.8 Å². The Morgan fingerprint density at radius 2 is 1.12 bits per heavy atom. The Morgan fingerprint density at radius 3 is 1.46 bits per heavy atom. The Hall–Kier alpha value is -1.54. The first-order valence-corrected chi connectivity index (χ1v) is 8.17. The van der Waals surface area contributed by atoms with E-state index in [1.807, 2.05) is 50.6 Å². The Kier molecular flexibility index (Phi) is 13.0. The van der Waals surface area contributed by atoms with Gasteiger partial charge in [-0.25, -0.2) is 12.1 Å². The molecule has 2 radical (unpaired) electrons. The van der Waals surface area contributed by atoms with Crippen molar-refractivity contribution in [2.45, 2.75) is 13.8 Å². The van der Waals surface area contributed by atoms with Gasteiger partial charge in [-0.15, -0.1) is 39.7 Å². The van der Waals surface area contributed by atoms with Gasteiger partial charge in [0.05, 0.1) is 0 Å². The summed E-state index contributed by atoms with van der Waals surface area (Å²) in [6, 6.07) is 29.3. The molecule has 0 unspecified atom stereocenters. The van der Waals surface area contributed by atoms with E-state index in [-0.39, 0.29) is 21.7 Å². The molecule has 0 heterocycles. The minimum atomic E-state index is 0. The van der Waals surface area contributed by atoms with E-state index in [9.17, 15) is 0 Å². The first kappa shape index (κ1) is 22.5. The molecule has 0 amide bonds. The van der Waals surface area contributed by atoms with E-state index in [0.717, 1.165) is 0 Å². The predicted molar refractivity (Wildman–Crippen MR) is 107 cm³/mol. The normalized spacial score (nSPS) is 8.58. The SMILES string of the molecule is C[CH-]C.[CH-]=[Si].[Ti+4].c1cc[cH-]c1.c1ccc2c(c1)[cH-]c1ccccc12. The van der Waals surface area contributed by atoms with Crippen LogP contribution in [-0.2, 0) is 21.7 Å². The van der Waals surface area contributed by atoms with Gasteiger partial charge in [0, 0.05) is 0 Å². The third kappa shape index (κ3) is 6.92. The first-order chi connectivity index (χ1) is 11.4. The Morgan fingerprint density at radius 1 is 0.750 bits per heavy atom. The molecule has 0 N–H and O–H groups in total. The molecule has 4 aromatic rings. The van der Waals surface area contributed by atoms with E-state index in [4.69, 9.17) is 0 Å². The van der Waals surface area contributed by atoms with Gasteiger partial charge < -0.3 is 12.6 Å². The minimum Gasteiger partial charge on any atom is -0.530 e. The fourth-order valence-corrected chi connectivity index (χ4v) is 2.22. The third-order valence-corrected chi connectivity index (χ3v) is 3.08. The van der Waals surface area contributed by atoms with Gasteiger partial charge in [0.25, 0.3) is 0 Å². The number of rotatable bonds is 0. The van der Waals surface area contributed by atoms with E-state index >= 15 is 0 Å². The van der Waals surface area contributed by atoms with Crippen LogP contribution >= 0.6 is 0 Å². The van der Waals surface area contributed by atoms with Gasteiger partial charge >= 0.3 is 21.7 Å². The van der Waals surface area contributed by atoms with Crippen molar-refractivity contribution in [3.63, 3.8) is 0 Å². The number of fused-ring (bicyclic) bond motifs is 3. The number of benzene rings is 2. The zero-order valence-electron chi connectivity index (χ0n) is 14.2. The monoisotopic (exact) mass is 362 g/mol. The van der Waals surface area contributed by atoms with Gasteiger partial charge in [0.15, 0.2) is 0 Å². The van der Waals surface area contributed by atoms with E-state index < -0.39 is 0 Å². The summed E-state index contributed by atoms with van der Waals surface area (Å²) in [7, 11) is 2.47. The molecular weight excluding hydrogens is 340 g/mol. The van der Waals surface area contributed by atoms with E-state index in [1.54, 1.807) is 0 Å². The molecule has 24 heavy (non-hydrogen) atoms. The summed E-state index contributed by atoms with van der Waals surface area (Å²) in [4.78, 5) is 0. The van der Waals surface area contributed by atoms with Crippen molar-refractivity contribution in [2.24, 2.45) is 0 Å². The third-order valence-electron chi connectivity index (χ3n) is 3.08. The van der Waals surface area contributed by atoms with Crippen LogP contribution in [-0.4, -0.2) is 16.0 Å². The zero-order valence-corrected chi connectivity index (χ0v) is 16.8. The Balaban J connectivity index is 0.000000407. The Labute approximate surface area is 164 Å². The largest absolute Gasteiger partial charge is 4.00 e. The minimum absolute atomic E-state index is 0. The predicted octanol–water partition coefficient (Wildman–Crippen LogP) is 5.81. The van der Waals surface area contributed by atoms with Crippen LogP contribution in [0.25, 0.3) is 21.5 Å². The van der Waals surface area contributed by atoms with Crippen LogP contribution in [0.3, 0.4) is 0 Å². The fraction of sp³-hybridized carbons (Fsp3) is 0.0909. The van der Waals surface area contributed by atoms with Gasteiger partial charge in [0.1, 0.15) is 0 Å². The van der Waals surface area contributed by atoms with Crippen molar-refractivity contribution in [1.82, 2.24) is 0 Å². The molecular formula is C22H22SiTi. The molecule has 118 valence electrons. The summed E-state index contributed by atoms with van der Waals surface area (Å²) in [6.07, 6.45) is 6.31. The van der Waals surface area contributed by atoms with E-state index in [0.29, 0.717) is 0 Å². The van der Waals surface area contributed by atoms with Crippen molar-refractivity contribution in [1.29, 1.82) is 0 Å². The zero-order chi connectivity index (χ0) is 16.9. The standard InChI is InChI=1S/C13H9.C5H5.C3H7.CHSi.Ti/c1-3-7-12-10(5-1)9-11-6-2-4-8-13(11)12;1-2-4-5-3-1;1-3-2;1-2;/h1-9H;1-5H;3H,1-2H3;1H;/q4*-1;+4. The molecule has 0 fully saturated rings. The van der Waals surface area contributed by atoms with Crippen molar-refractivity contribution >= 4 is 37.6 Å². The van der Waals surface area contributed by atoms with Gasteiger partial charge in [-0.3, -0.25) is 9.85 Å². The van der Waals surface area contributed by atoms with E-state index in [1.165, 1.54) is 21.5 Å². The molecule has 2 heteroatoms. The molecule has 0 aromatic heterocycles. The maximum Gasteiger partial charge on any atom is 4.00 e. The molecule has 0 bridgehead atoms. The van der Waals surface area contributed by atoms with Crippen molar-refractivity contribution in [2.75, 3.05) is 0 Å². The summed E-state index contributed by atoms with van der Waals surface area (Å²) in [5.41, 5.74) is 0. The summed E-state index contributed by atoms with van der Waals surface area (Å²) >= 11 is 0. The van der Waals surface area contributed by atoms with Crippen LogP contribution in [0.15, 0.2) is 84.9 Å². The van der Waals surface area contributed by atoms with Gasteiger partial charge in [-0.2, -0.15) is 32.0 Å². The summed E-state index contributed by atoms with van der Waals surface area (Å²) in [5.74, 6) is 0. The maximum absolute atomic E-state index is 4.31. The van der Waals surface area contributed by atoms with Crippen LogP contribution in [0.2, 0.25) is 0 Å². The summed E-state index contributed by atoms with van der Waals surface area (Å²) in [6.45, 7) is 4.00. The average molecular weight is 362 g/mol. The molecule has 0 saturated carbocycles. The fourth-order valence-electron chi connectivity index (χ4n) is 2.22. The molecule has 0 nitrogen and oxygen atoms in total. The first-order valence-electron chi connectivity index (χ1n) is 7.59. The molecule has 4 rings (SSSR count). The van der Waals surface area contributed by atoms with Crippen molar-refractivity contribution < 1.29 is 21.7 Å². The van der Waals surface area contributed by atoms with Crippen LogP contribution in [0.5, 0.6) is 0 Å². The van der Waals surface area contributed by atoms with Crippen LogP contribution < -0.4 is 0 Å². The molecule has 0 aliphatic rings. The number of hydrogen-bond donors (Lipinski definition) is 0. The summed E-state index contributed by atoms with van der Waals surface area (Å²) < 4.78 is 0. The second-order valence-corrected chi connectivity index (χ2v) is 4.86. The van der Waals surface area contributed by atoms with Crippen LogP contribution in [0.4, 0.5) is 0 Å². The maximum atomic E-state index is 4.31.